The van der Waals surface area contributed by atoms with Gasteiger partial charge in [-0.3, -0.25) is 0 Å². The second-order valence-electron chi connectivity index (χ2n) is 6.49. The van der Waals surface area contributed by atoms with Gasteiger partial charge in [-0.05, 0) is 43.5 Å². The zero-order valence-electron chi connectivity index (χ0n) is 14.4. The van der Waals surface area contributed by atoms with E-state index in [2.05, 4.69) is 26.3 Å². The number of alkyl halides is 3. The fourth-order valence-electron chi connectivity index (χ4n) is 3.45. The SMILES string of the molecule is FC(F)(F)c1ccccc1-c1nn(-c2cccc(Br)c2)c2c1CCCCN2. The molecule has 0 atom stereocenters. The van der Waals surface area contributed by atoms with Crippen LogP contribution >= 0.6 is 15.9 Å². The van der Waals surface area contributed by atoms with Crippen molar-refractivity contribution in [2.45, 2.75) is 25.4 Å². The maximum atomic E-state index is 13.6. The van der Waals surface area contributed by atoms with Crippen molar-refractivity contribution in [3.05, 3.63) is 64.1 Å². The molecule has 2 aromatic carbocycles. The molecule has 1 aliphatic heterocycles. The normalized spacial score (nSPS) is 14.4. The summed E-state index contributed by atoms with van der Waals surface area (Å²) >= 11 is 3.45. The molecule has 1 aliphatic rings. The Morgan fingerprint density at radius 1 is 1.04 bits per heavy atom. The van der Waals surface area contributed by atoms with E-state index in [1.165, 1.54) is 12.1 Å². The second-order valence-corrected chi connectivity index (χ2v) is 7.41. The molecule has 0 saturated heterocycles. The first kappa shape index (κ1) is 18.1. The third kappa shape index (κ3) is 3.48. The molecule has 2 heterocycles. The summed E-state index contributed by atoms with van der Waals surface area (Å²) < 4.78 is 43.3. The molecule has 0 aliphatic carbocycles. The van der Waals surface area contributed by atoms with Gasteiger partial charge in [0.25, 0.3) is 0 Å². The summed E-state index contributed by atoms with van der Waals surface area (Å²) in [5.74, 6) is 0.776. The Kier molecular flexibility index (Phi) is 4.72. The molecule has 4 rings (SSSR count). The highest BCUT2D eigenvalue weighted by Crippen LogP contribution is 2.40. The van der Waals surface area contributed by atoms with E-state index < -0.39 is 11.7 Å². The smallest absolute Gasteiger partial charge is 0.370 e. The van der Waals surface area contributed by atoms with E-state index >= 15 is 0 Å². The van der Waals surface area contributed by atoms with Gasteiger partial charge in [-0.15, -0.1) is 0 Å². The summed E-state index contributed by atoms with van der Waals surface area (Å²) in [6, 6.07) is 13.2. The summed E-state index contributed by atoms with van der Waals surface area (Å²) in [7, 11) is 0. The van der Waals surface area contributed by atoms with E-state index in [0.29, 0.717) is 12.1 Å². The lowest BCUT2D eigenvalue weighted by Gasteiger charge is -2.12. The van der Waals surface area contributed by atoms with Gasteiger partial charge >= 0.3 is 6.18 Å². The number of aromatic nitrogens is 2. The molecular weight excluding hydrogens is 419 g/mol. The molecule has 0 bridgehead atoms. The highest BCUT2D eigenvalue weighted by Gasteiger charge is 2.35. The van der Waals surface area contributed by atoms with Crippen molar-refractivity contribution in [1.29, 1.82) is 0 Å². The van der Waals surface area contributed by atoms with Crippen LogP contribution < -0.4 is 5.32 Å². The molecule has 1 aromatic heterocycles. The Morgan fingerprint density at radius 3 is 2.63 bits per heavy atom. The first-order valence-electron chi connectivity index (χ1n) is 8.73. The van der Waals surface area contributed by atoms with Crippen molar-refractivity contribution >= 4 is 21.7 Å². The summed E-state index contributed by atoms with van der Waals surface area (Å²) in [4.78, 5) is 0. The van der Waals surface area contributed by atoms with Crippen molar-refractivity contribution in [2.24, 2.45) is 0 Å². The molecule has 7 heteroatoms. The Labute approximate surface area is 163 Å². The molecule has 140 valence electrons. The van der Waals surface area contributed by atoms with E-state index in [1.54, 1.807) is 10.7 Å². The molecule has 0 fully saturated rings. The lowest BCUT2D eigenvalue weighted by molar-refractivity contribution is -0.137. The van der Waals surface area contributed by atoms with Crippen LogP contribution in [0.4, 0.5) is 19.0 Å². The minimum absolute atomic E-state index is 0.124. The topological polar surface area (TPSA) is 29.9 Å². The van der Waals surface area contributed by atoms with Crippen LogP contribution in [0.2, 0.25) is 0 Å². The van der Waals surface area contributed by atoms with E-state index in [9.17, 15) is 13.2 Å². The van der Waals surface area contributed by atoms with E-state index in [1.807, 2.05) is 24.3 Å². The predicted octanol–water partition coefficient (Wildman–Crippen LogP) is 6.07. The average molecular weight is 436 g/mol. The quantitative estimate of drug-likeness (QED) is 0.529. The van der Waals surface area contributed by atoms with Crippen molar-refractivity contribution in [2.75, 3.05) is 11.9 Å². The maximum Gasteiger partial charge on any atom is 0.417 e. The van der Waals surface area contributed by atoms with Gasteiger partial charge in [0.2, 0.25) is 0 Å². The summed E-state index contributed by atoms with van der Waals surface area (Å²) in [6.07, 6.45) is -1.86. The molecule has 0 amide bonds. The number of nitrogens with one attached hydrogen (secondary N) is 1. The summed E-state index contributed by atoms with van der Waals surface area (Å²) in [5.41, 5.74) is 1.50. The van der Waals surface area contributed by atoms with E-state index in [4.69, 9.17) is 0 Å². The number of hydrogen-bond donors (Lipinski definition) is 1. The van der Waals surface area contributed by atoms with Gasteiger partial charge < -0.3 is 5.32 Å². The van der Waals surface area contributed by atoms with Gasteiger partial charge in [0.05, 0.1) is 16.9 Å². The Hall–Kier alpha value is -2.28. The van der Waals surface area contributed by atoms with Crippen LogP contribution in [0.3, 0.4) is 0 Å². The van der Waals surface area contributed by atoms with Crippen LogP contribution in [0.15, 0.2) is 53.0 Å². The molecule has 0 spiro atoms. The fourth-order valence-corrected chi connectivity index (χ4v) is 3.84. The number of hydrogen-bond acceptors (Lipinski definition) is 2. The van der Waals surface area contributed by atoms with Gasteiger partial charge in [-0.2, -0.15) is 18.3 Å². The minimum atomic E-state index is -4.43. The molecule has 3 aromatic rings. The molecule has 27 heavy (non-hydrogen) atoms. The van der Waals surface area contributed by atoms with Crippen LogP contribution in [0.1, 0.15) is 24.0 Å². The number of anilines is 1. The molecular formula is C20H17BrF3N3. The van der Waals surface area contributed by atoms with E-state index in [-0.39, 0.29) is 5.56 Å². The first-order chi connectivity index (χ1) is 12.9. The number of rotatable bonds is 2. The highest BCUT2D eigenvalue weighted by atomic mass is 79.9. The lowest BCUT2D eigenvalue weighted by Crippen LogP contribution is -2.08. The number of halogens is 4. The first-order valence-corrected chi connectivity index (χ1v) is 9.53. The van der Waals surface area contributed by atoms with Gasteiger partial charge in [-0.25, -0.2) is 4.68 Å². The summed E-state index contributed by atoms with van der Waals surface area (Å²) in [6.45, 7) is 0.771. The zero-order chi connectivity index (χ0) is 19.0. The third-order valence-corrected chi connectivity index (χ3v) is 5.16. The van der Waals surface area contributed by atoms with Crippen molar-refractivity contribution in [3.63, 3.8) is 0 Å². The van der Waals surface area contributed by atoms with Gasteiger partial charge in [0.1, 0.15) is 5.82 Å². The number of benzene rings is 2. The molecule has 0 radical (unpaired) electrons. The maximum absolute atomic E-state index is 13.6. The zero-order valence-corrected chi connectivity index (χ0v) is 15.9. The van der Waals surface area contributed by atoms with Crippen LogP contribution in [0.5, 0.6) is 0 Å². The van der Waals surface area contributed by atoms with Gasteiger partial charge in [0.15, 0.2) is 0 Å². The van der Waals surface area contributed by atoms with Crippen molar-refractivity contribution < 1.29 is 13.2 Å². The fraction of sp³-hybridized carbons (Fsp3) is 0.250. The second kappa shape index (κ2) is 7.03. The minimum Gasteiger partial charge on any atom is -0.370 e. The third-order valence-electron chi connectivity index (χ3n) is 4.67. The van der Waals surface area contributed by atoms with Crippen LogP contribution in [-0.4, -0.2) is 16.3 Å². The van der Waals surface area contributed by atoms with Gasteiger partial charge in [-0.1, -0.05) is 40.2 Å². The molecule has 0 saturated carbocycles. The Balaban J connectivity index is 1.96. The molecule has 3 nitrogen and oxygen atoms in total. The Bertz CT molecular complexity index is 979. The molecule has 1 N–H and O–H groups in total. The number of nitrogens with zero attached hydrogens (tertiary/aromatic N) is 2. The van der Waals surface area contributed by atoms with Crippen LogP contribution in [-0.2, 0) is 12.6 Å². The molecule has 0 unspecified atom stereocenters. The van der Waals surface area contributed by atoms with Crippen LogP contribution in [0, 0.1) is 0 Å². The lowest BCUT2D eigenvalue weighted by atomic mass is 9.99. The van der Waals surface area contributed by atoms with E-state index in [0.717, 1.165) is 47.0 Å². The Morgan fingerprint density at radius 2 is 1.85 bits per heavy atom. The average Bonchev–Trinajstić information content (AvgIpc) is 2.82. The largest absolute Gasteiger partial charge is 0.417 e. The predicted molar refractivity (Wildman–Crippen MR) is 103 cm³/mol. The van der Waals surface area contributed by atoms with Crippen molar-refractivity contribution in [3.8, 4) is 16.9 Å². The highest BCUT2D eigenvalue weighted by molar-refractivity contribution is 9.10. The standard InChI is InChI=1S/C20H17BrF3N3/c21-13-6-5-7-14(12-13)27-19-16(9-3-4-11-25-19)18(26-27)15-8-1-2-10-17(15)20(22,23)24/h1-2,5-8,10,12,25H,3-4,9,11H2. The number of fused-ring (bicyclic) bond motifs is 1. The van der Waals surface area contributed by atoms with Crippen molar-refractivity contribution in [1.82, 2.24) is 9.78 Å². The van der Waals surface area contributed by atoms with Crippen LogP contribution in [0.25, 0.3) is 16.9 Å². The van der Waals surface area contributed by atoms with Gasteiger partial charge in [0, 0.05) is 22.1 Å². The summed E-state index contributed by atoms with van der Waals surface area (Å²) in [5, 5.41) is 7.99. The monoisotopic (exact) mass is 435 g/mol.